The van der Waals surface area contributed by atoms with Crippen molar-refractivity contribution in [2.45, 2.75) is 44.8 Å². The first-order valence-corrected chi connectivity index (χ1v) is 27.9. The highest BCUT2D eigenvalue weighted by Gasteiger charge is 2.45. The van der Waals surface area contributed by atoms with Crippen LogP contribution in [0.1, 0.15) is 31.2 Å². The average molecular weight is 1090 g/mol. The van der Waals surface area contributed by atoms with E-state index in [4.69, 9.17) is 32.7 Å². The van der Waals surface area contributed by atoms with Crippen molar-refractivity contribution in [2.24, 2.45) is 23.7 Å². The number of phenols is 1. The summed E-state index contributed by atoms with van der Waals surface area (Å²) < 4.78 is 13.1. The van der Waals surface area contributed by atoms with Gasteiger partial charge in [0.1, 0.15) is 17.2 Å². The van der Waals surface area contributed by atoms with Crippen LogP contribution in [-0.2, 0) is 19.2 Å². The maximum Gasteiger partial charge on any atom is 0.268 e. The Morgan fingerprint density at radius 3 is 1.44 bits per heavy atom. The molecule has 0 saturated carbocycles. The summed E-state index contributed by atoms with van der Waals surface area (Å²) >= 11 is 13.9. The highest BCUT2D eigenvalue weighted by molar-refractivity contribution is 6.35. The summed E-state index contributed by atoms with van der Waals surface area (Å²) in [6, 6.07) is 31.6. The number of aromatic hydroxyl groups is 1. The number of hydrogen-bond acceptors (Lipinski definition) is 9. The lowest BCUT2D eigenvalue weighted by Crippen LogP contribution is -2.57. The van der Waals surface area contributed by atoms with Crippen molar-refractivity contribution in [3.63, 3.8) is 0 Å². The summed E-state index contributed by atoms with van der Waals surface area (Å²) in [7, 11) is 4.22. The number of piperidine rings is 2. The largest absolute Gasteiger partial charge is 0.508 e. The predicted molar refractivity (Wildman–Crippen MR) is 310 cm³/mol. The van der Waals surface area contributed by atoms with Crippen molar-refractivity contribution in [1.29, 1.82) is 0 Å². The van der Waals surface area contributed by atoms with Gasteiger partial charge in [-0.1, -0.05) is 97.0 Å². The predicted octanol–water partition coefficient (Wildman–Crippen LogP) is 10.5. The van der Waals surface area contributed by atoms with Crippen molar-refractivity contribution < 1.29 is 33.8 Å². The van der Waals surface area contributed by atoms with E-state index < -0.39 is 12.2 Å². The molecular weight excluding hydrogens is 1020 g/mol. The molecule has 6 heterocycles. The van der Waals surface area contributed by atoms with Crippen LogP contribution < -0.4 is 19.3 Å². The number of carbonyl (C=O) groups is 4. The molecule has 6 aliphatic rings. The second-order valence-corrected chi connectivity index (χ2v) is 23.0. The fourth-order valence-corrected chi connectivity index (χ4v) is 12.9. The molecule has 0 spiro atoms. The van der Waals surface area contributed by atoms with Crippen LogP contribution in [0.4, 0.5) is 11.4 Å². The van der Waals surface area contributed by atoms with Gasteiger partial charge in [-0.25, -0.2) is 0 Å². The van der Waals surface area contributed by atoms with E-state index in [0.29, 0.717) is 72.2 Å². The van der Waals surface area contributed by atoms with Gasteiger partial charge in [0.2, 0.25) is 11.8 Å². The molecule has 6 aliphatic heterocycles. The second kappa shape index (κ2) is 22.1. The molecule has 1 N–H and O–H groups in total. The van der Waals surface area contributed by atoms with E-state index in [1.165, 1.54) is 12.2 Å². The number of carbonyl (C=O) groups excluding carboxylic acids is 4. The number of anilines is 2. The van der Waals surface area contributed by atoms with Gasteiger partial charge in [0.15, 0.2) is 12.2 Å². The number of rotatable bonds is 10. The molecule has 4 fully saturated rings. The van der Waals surface area contributed by atoms with Crippen LogP contribution in [0, 0.1) is 30.6 Å². The van der Waals surface area contributed by atoms with E-state index in [9.17, 15) is 24.3 Å². The topological polar surface area (TPSA) is 126 Å². The SMILES string of the molecule is C=CC(=O)N1CC(CN2C(=O)C(C3CCN(C)CC3)Oc3cc(-c4cc(C)cc5ccccc45)c(Cl)cc32)C1.C=CC(=O)N1CC(CN2C(=O)C(C3CCN(C)CC3)Oc3cc(-c4cc(O)cc5ccccc45)c(Cl)cc32)C1. The summed E-state index contributed by atoms with van der Waals surface area (Å²) in [5.74, 6) is 1.89. The van der Waals surface area contributed by atoms with E-state index in [-0.39, 0.29) is 53.0 Å². The van der Waals surface area contributed by atoms with E-state index in [2.05, 4.69) is 68.2 Å². The molecule has 13 nitrogen and oxygen atoms in total. The maximum atomic E-state index is 13.9. The lowest BCUT2D eigenvalue weighted by Gasteiger charge is -2.44. The van der Waals surface area contributed by atoms with E-state index >= 15 is 0 Å². The molecule has 404 valence electrons. The monoisotopic (exact) mass is 1090 g/mol. The van der Waals surface area contributed by atoms with Crippen LogP contribution in [0.2, 0.25) is 10.0 Å². The minimum absolute atomic E-state index is 0.00428. The number of ether oxygens (including phenoxy) is 2. The van der Waals surface area contributed by atoms with Gasteiger partial charge in [0.05, 0.1) is 21.4 Å². The van der Waals surface area contributed by atoms with Crippen LogP contribution in [0.15, 0.2) is 122 Å². The second-order valence-electron chi connectivity index (χ2n) is 22.2. The first kappa shape index (κ1) is 53.1. The molecular formula is C63H66Cl2N6O7. The van der Waals surface area contributed by atoms with Crippen LogP contribution >= 0.6 is 23.2 Å². The molecule has 2 unspecified atom stereocenters. The van der Waals surface area contributed by atoms with E-state index in [1.54, 1.807) is 28.0 Å². The van der Waals surface area contributed by atoms with Gasteiger partial charge >= 0.3 is 0 Å². The first-order chi connectivity index (χ1) is 37.6. The molecule has 4 amide bonds. The number of phenolic OH excluding ortho intramolecular Hbond substituents is 1. The van der Waals surface area contributed by atoms with Crippen molar-refractivity contribution in [1.82, 2.24) is 19.6 Å². The first-order valence-electron chi connectivity index (χ1n) is 27.2. The molecule has 0 radical (unpaired) electrons. The Morgan fingerprint density at radius 1 is 0.590 bits per heavy atom. The smallest absolute Gasteiger partial charge is 0.268 e. The average Bonchev–Trinajstić information content (AvgIpc) is 3.60. The normalized spacial score (nSPS) is 20.5. The molecule has 15 heteroatoms. The van der Waals surface area contributed by atoms with Crippen LogP contribution in [0.5, 0.6) is 17.2 Å². The van der Waals surface area contributed by atoms with Gasteiger partial charge in [-0.15, -0.1) is 0 Å². The van der Waals surface area contributed by atoms with Crippen LogP contribution in [0.3, 0.4) is 0 Å². The highest BCUT2D eigenvalue weighted by atomic mass is 35.5. The zero-order chi connectivity index (χ0) is 54.5. The molecule has 12 rings (SSSR count). The minimum atomic E-state index is -0.577. The van der Waals surface area contributed by atoms with Crippen LogP contribution in [0.25, 0.3) is 43.8 Å². The molecule has 6 aromatic carbocycles. The van der Waals surface area contributed by atoms with Crippen molar-refractivity contribution >= 4 is 79.8 Å². The summed E-state index contributed by atoms with van der Waals surface area (Å²) in [4.78, 5) is 63.6. The van der Waals surface area contributed by atoms with Gasteiger partial charge < -0.3 is 44.0 Å². The Morgan fingerprint density at radius 2 is 1.00 bits per heavy atom. The Kier molecular flexibility index (Phi) is 15.0. The zero-order valence-corrected chi connectivity index (χ0v) is 46.0. The molecule has 2 atom stereocenters. The minimum Gasteiger partial charge on any atom is -0.508 e. The van der Waals surface area contributed by atoms with E-state index in [0.717, 1.165) is 101 Å². The maximum absolute atomic E-state index is 13.9. The number of amides is 4. The Bertz CT molecular complexity index is 3140. The lowest BCUT2D eigenvalue weighted by molar-refractivity contribution is -0.134. The van der Waals surface area contributed by atoms with Gasteiger partial charge in [0, 0.05) is 74.1 Å². The fraction of sp³-hybridized carbons (Fsp3) is 0.365. The standard InChI is InChI=1S/C32H34ClN3O3.C31H32ClN3O4/c1-4-30(37)35-17-21(18-35)19-36-28-16-27(33)26(25-14-20(2)13-23-7-5-6-8-24(23)25)15-29(28)39-31(32(36)38)22-9-11-34(3)12-10-22;1-3-29(37)34-16-19(17-34)18-35-27-15-26(32)25(24-13-22(36)12-21-6-4-5-7-23(21)24)14-28(27)39-30(31(35)38)20-8-10-33(2)11-9-20/h4-8,13-16,21-22,31H,1,9-12,17-19H2,2-3H3;3-7,12-15,19-20,30,36H,1,8-11,16-18H2,2H3. The van der Waals surface area contributed by atoms with E-state index in [1.807, 2.05) is 64.4 Å². The quantitative estimate of drug-likeness (QED) is 0.133. The number of nitrogens with zero attached hydrogens (tertiary/aromatic N) is 6. The molecule has 0 bridgehead atoms. The van der Waals surface area contributed by atoms with Crippen LogP contribution in [-0.4, -0.2) is 140 Å². The Balaban J connectivity index is 0.000000165. The summed E-state index contributed by atoms with van der Waals surface area (Å²) in [6.45, 7) is 16.4. The van der Waals surface area contributed by atoms with Crippen molar-refractivity contribution in [2.75, 3.05) is 89.3 Å². The van der Waals surface area contributed by atoms with Gasteiger partial charge in [-0.2, -0.15) is 0 Å². The number of aryl methyl sites for hydroxylation is 1. The fourth-order valence-electron chi connectivity index (χ4n) is 12.4. The number of hydrogen-bond donors (Lipinski definition) is 1. The molecule has 78 heavy (non-hydrogen) atoms. The number of benzene rings is 6. The molecule has 0 aromatic heterocycles. The summed E-state index contributed by atoms with van der Waals surface area (Å²) in [5, 5.41) is 15.7. The van der Waals surface area contributed by atoms with Crippen molar-refractivity contribution in [3.05, 3.63) is 138 Å². The third-order valence-corrected chi connectivity index (χ3v) is 17.4. The Hall–Kier alpha value is -6.90. The highest BCUT2D eigenvalue weighted by Crippen LogP contribution is 2.48. The van der Waals surface area contributed by atoms with Gasteiger partial charge in [0.25, 0.3) is 11.8 Å². The summed E-state index contributed by atoms with van der Waals surface area (Å²) in [5.41, 5.74) is 6.02. The number of likely N-dealkylation sites (tertiary alicyclic amines) is 4. The molecule has 6 aromatic rings. The lowest BCUT2D eigenvalue weighted by atomic mass is 9.88. The molecule has 0 aliphatic carbocycles. The third-order valence-electron chi connectivity index (χ3n) is 16.8. The number of fused-ring (bicyclic) bond motifs is 4. The van der Waals surface area contributed by atoms with Gasteiger partial charge in [-0.3, -0.25) is 19.2 Å². The third kappa shape index (κ3) is 10.5. The molecule has 4 saturated heterocycles. The zero-order valence-electron chi connectivity index (χ0n) is 44.5. The summed E-state index contributed by atoms with van der Waals surface area (Å²) in [6.07, 6.45) is 5.19. The number of halogens is 2. The van der Waals surface area contributed by atoms with Crippen molar-refractivity contribution in [3.8, 4) is 39.5 Å². The Labute approximate surface area is 466 Å². The van der Waals surface area contributed by atoms with Gasteiger partial charge in [-0.05, 0) is 160 Å².